The number of fused-ring (bicyclic) bond motifs is 3. The second kappa shape index (κ2) is 4.17. The standard InChI is InChI=1S/C15H19NO/c16-15(17)14-7-3-6-12-11-5-2-1-4-10(11)8-9-13(12)14/h1-2,4-5,12-14H,3,6-9H2,(H2,16,17). The van der Waals surface area contributed by atoms with Crippen LogP contribution in [0.1, 0.15) is 42.7 Å². The van der Waals surface area contributed by atoms with E-state index in [4.69, 9.17) is 5.73 Å². The minimum atomic E-state index is -0.0842. The van der Waals surface area contributed by atoms with Gasteiger partial charge in [0, 0.05) is 5.92 Å². The molecule has 1 saturated carbocycles. The zero-order valence-corrected chi connectivity index (χ0v) is 10.1. The van der Waals surface area contributed by atoms with E-state index in [1.807, 2.05) is 0 Å². The molecule has 0 radical (unpaired) electrons. The van der Waals surface area contributed by atoms with Crippen molar-refractivity contribution in [3.8, 4) is 0 Å². The molecule has 0 aliphatic heterocycles. The molecule has 0 heterocycles. The van der Waals surface area contributed by atoms with Crippen molar-refractivity contribution in [3.63, 3.8) is 0 Å². The number of aryl methyl sites for hydroxylation is 1. The molecular weight excluding hydrogens is 210 g/mol. The number of hydrogen-bond acceptors (Lipinski definition) is 1. The first-order valence-electron chi connectivity index (χ1n) is 6.64. The first-order chi connectivity index (χ1) is 8.27. The van der Waals surface area contributed by atoms with Crippen LogP contribution in [0.25, 0.3) is 0 Å². The largest absolute Gasteiger partial charge is 0.369 e. The summed E-state index contributed by atoms with van der Waals surface area (Å²) in [5.74, 6) is 1.10. The first kappa shape index (κ1) is 10.8. The fraction of sp³-hybridized carbons (Fsp3) is 0.533. The number of carbonyl (C=O) groups is 1. The van der Waals surface area contributed by atoms with Crippen LogP contribution >= 0.6 is 0 Å². The van der Waals surface area contributed by atoms with Crippen molar-refractivity contribution in [1.82, 2.24) is 0 Å². The van der Waals surface area contributed by atoms with E-state index in [9.17, 15) is 4.79 Å². The Morgan fingerprint density at radius 3 is 2.82 bits per heavy atom. The molecule has 90 valence electrons. The van der Waals surface area contributed by atoms with Gasteiger partial charge in [0.15, 0.2) is 0 Å². The highest BCUT2D eigenvalue weighted by atomic mass is 16.1. The number of amides is 1. The smallest absolute Gasteiger partial charge is 0.220 e. The molecular formula is C15H19NO. The van der Waals surface area contributed by atoms with E-state index in [0.29, 0.717) is 11.8 Å². The number of rotatable bonds is 1. The fourth-order valence-electron chi connectivity index (χ4n) is 3.85. The molecule has 3 rings (SSSR count). The Hall–Kier alpha value is -1.31. The SMILES string of the molecule is NC(=O)C1CCCC2c3ccccc3CCC12. The second-order valence-electron chi connectivity index (χ2n) is 5.45. The Morgan fingerprint density at radius 1 is 1.18 bits per heavy atom. The molecule has 0 spiro atoms. The molecule has 17 heavy (non-hydrogen) atoms. The molecule has 2 nitrogen and oxygen atoms in total. The Kier molecular flexibility index (Phi) is 2.65. The monoisotopic (exact) mass is 229 g/mol. The fourth-order valence-corrected chi connectivity index (χ4v) is 3.85. The van der Waals surface area contributed by atoms with Crippen LogP contribution < -0.4 is 5.73 Å². The van der Waals surface area contributed by atoms with Crippen molar-refractivity contribution in [2.45, 2.75) is 38.0 Å². The molecule has 3 unspecified atom stereocenters. The Labute approximate surface area is 102 Å². The van der Waals surface area contributed by atoms with Crippen molar-refractivity contribution in [3.05, 3.63) is 35.4 Å². The lowest BCUT2D eigenvalue weighted by molar-refractivity contribution is -0.125. The maximum atomic E-state index is 11.5. The van der Waals surface area contributed by atoms with E-state index in [1.54, 1.807) is 0 Å². The molecule has 1 amide bonds. The molecule has 0 aromatic heterocycles. The summed E-state index contributed by atoms with van der Waals surface area (Å²) in [7, 11) is 0. The van der Waals surface area contributed by atoms with Crippen LogP contribution in [0, 0.1) is 11.8 Å². The molecule has 0 bridgehead atoms. The van der Waals surface area contributed by atoms with Crippen LogP contribution in [0.3, 0.4) is 0 Å². The molecule has 1 fully saturated rings. The minimum Gasteiger partial charge on any atom is -0.369 e. The highest BCUT2D eigenvalue weighted by Gasteiger charge is 2.39. The highest BCUT2D eigenvalue weighted by molar-refractivity contribution is 5.77. The summed E-state index contributed by atoms with van der Waals surface area (Å²) in [6, 6.07) is 8.72. The molecule has 1 aromatic rings. The molecule has 1 aromatic carbocycles. The van der Waals surface area contributed by atoms with Gasteiger partial charge in [-0.15, -0.1) is 0 Å². The predicted octanol–water partition coefficient (Wildman–Crippen LogP) is 2.62. The van der Waals surface area contributed by atoms with Gasteiger partial charge >= 0.3 is 0 Å². The van der Waals surface area contributed by atoms with Crippen LogP contribution in [0.2, 0.25) is 0 Å². The maximum Gasteiger partial charge on any atom is 0.220 e. The first-order valence-corrected chi connectivity index (χ1v) is 6.64. The number of nitrogens with two attached hydrogens (primary N) is 1. The summed E-state index contributed by atoms with van der Waals surface area (Å²) in [6.45, 7) is 0. The van der Waals surface area contributed by atoms with Crippen molar-refractivity contribution >= 4 is 5.91 Å². The lowest BCUT2D eigenvalue weighted by atomic mass is 9.63. The predicted molar refractivity (Wildman–Crippen MR) is 67.5 cm³/mol. The summed E-state index contributed by atoms with van der Waals surface area (Å²) < 4.78 is 0. The third-order valence-electron chi connectivity index (χ3n) is 4.63. The van der Waals surface area contributed by atoms with Gasteiger partial charge in [0.25, 0.3) is 0 Å². The van der Waals surface area contributed by atoms with Gasteiger partial charge in [-0.05, 0) is 48.6 Å². The lowest BCUT2D eigenvalue weighted by Crippen LogP contribution is -2.38. The second-order valence-corrected chi connectivity index (χ2v) is 5.45. The van der Waals surface area contributed by atoms with Gasteiger partial charge in [0.2, 0.25) is 5.91 Å². The summed E-state index contributed by atoms with van der Waals surface area (Å²) in [4.78, 5) is 11.5. The van der Waals surface area contributed by atoms with Crippen molar-refractivity contribution in [2.24, 2.45) is 17.6 Å². The van der Waals surface area contributed by atoms with E-state index in [-0.39, 0.29) is 11.8 Å². The van der Waals surface area contributed by atoms with Crippen molar-refractivity contribution in [2.75, 3.05) is 0 Å². The van der Waals surface area contributed by atoms with E-state index >= 15 is 0 Å². The molecule has 2 aliphatic rings. The third kappa shape index (κ3) is 1.76. The average Bonchev–Trinajstić information content (AvgIpc) is 2.37. The zero-order chi connectivity index (χ0) is 11.8. The van der Waals surface area contributed by atoms with Gasteiger partial charge in [-0.3, -0.25) is 4.79 Å². The average molecular weight is 229 g/mol. The summed E-state index contributed by atoms with van der Waals surface area (Å²) in [5, 5.41) is 0. The van der Waals surface area contributed by atoms with Crippen LogP contribution in [0.4, 0.5) is 0 Å². The topological polar surface area (TPSA) is 43.1 Å². The quantitative estimate of drug-likeness (QED) is 0.790. The molecule has 0 saturated heterocycles. The van der Waals surface area contributed by atoms with Gasteiger partial charge in [0.1, 0.15) is 0 Å². The van der Waals surface area contributed by atoms with Crippen LogP contribution in [0.15, 0.2) is 24.3 Å². The highest BCUT2D eigenvalue weighted by Crippen LogP contribution is 2.47. The molecule has 2 aliphatic carbocycles. The molecule has 2 heteroatoms. The molecule has 2 N–H and O–H groups in total. The van der Waals surface area contributed by atoms with Crippen LogP contribution in [0.5, 0.6) is 0 Å². The van der Waals surface area contributed by atoms with E-state index in [0.717, 1.165) is 25.7 Å². The van der Waals surface area contributed by atoms with Crippen LogP contribution in [-0.2, 0) is 11.2 Å². The number of hydrogen-bond donors (Lipinski definition) is 1. The van der Waals surface area contributed by atoms with E-state index in [2.05, 4.69) is 24.3 Å². The van der Waals surface area contributed by atoms with Crippen LogP contribution in [-0.4, -0.2) is 5.91 Å². The van der Waals surface area contributed by atoms with Gasteiger partial charge in [-0.2, -0.15) is 0 Å². The third-order valence-corrected chi connectivity index (χ3v) is 4.63. The minimum absolute atomic E-state index is 0.0842. The summed E-state index contributed by atoms with van der Waals surface area (Å²) in [5.41, 5.74) is 8.52. The Morgan fingerprint density at radius 2 is 2.00 bits per heavy atom. The van der Waals surface area contributed by atoms with Gasteiger partial charge in [-0.25, -0.2) is 0 Å². The Bertz CT molecular complexity index is 440. The van der Waals surface area contributed by atoms with Gasteiger partial charge in [0.05, 0.1) is 0 Å². The number of benzene rings is 1. The zero-order valence-electron chi connectivity index (χ0n) is 10.1. The normalized spacial score (nSPS) is 31.4. The number of carbonyl (C=O) groups excluding carboxylic acids is 1. The maximum absolute atomic E-state index is 11.5. The van der Waals surface area contributed by atoms with E-state index < -0.39 is 0 Å². The molecule has 3 atom stereocenters. The van der Waals surface area contributed by atoms with Gasteiger partial charge < -0.3 is 5.73 Å². The van der Waals surface area contributed by atoms with E-state index in [1.165, 1.54) is 17.5 Å². The van der Waals surface area contributed by atoms with Crippen molar-refractivity contribution in [1.29, 1.82) is 0 Å². The van der Waals surface area contributed by atoms with Crippen molar-refractivity contribution < 1.29 is 4.79 Å². The number of primary amides is 1. The summed E-state index contributed by atoms with van der Waals surface area (Å²) >= 11 is 0. The van der Waals surface area contributed by atoms with Gasteiger partial charge in [-0.1, -0.05) is 30.7 Å². The Balaban J connectivity index is 1.96. The summed E-state index contributed by atoms with van der Waals surface area (Å²) in [6.07, 6.45) is 5.61. The lowest BCUT2D eigenvalue weighted by Gasteiger charge is -2.41.